The number of nitrogens with one attached hydrogen (secondary N) is 1. The second kappa shape index (κ2) is 5.61. The molecule has 2 heterocycles. The monoisotopic (exact) mass is 310 g/mol. The van der Waals surface area contributed by atoms with Crippen LogP contribution in [0.4, 0.5) is 18.9 Å². The normalized spacial score (nSPS) is 20.2. The van der Waals surface area contributed by atoms with Gasteiger partial charge in [-0.05, 0) is 6.92 Å². The predicted molar refractivity (Wildman–Crippen MR) is 69.2 cm³/mol. The summed E-state index contributed by atoms with van der Waals surface area (Å²) in [5, 5.41) is 6.56. The maximum Gasteiger partial charge on any atom is 0.408 e. The Morgan fingerprint density at radius 1 is 1.55 bits per heavy atom. The van der Waals surface area contributed by atoms with E-state index in [1.165, 1.54) is 6.20 Å². The molecule has 1 saturated heterocycles. The van der Waals surface area contributed by atoms with Crippen molar-refractivity contribution >= 4 is 17.3 Å². The molecule has 112 valence electrons. The zero-order chi connectivity index (χ0) is 14.9. The molecule has 1 N–H and O–H groups in total. The number of anilines is 1. The fourth-order valence-corrected chi connectivity index (χ4v) is 2.38. The van der Waals surface area contributed by atoms with E-state index >= 15 is 0 Å². The van der Waals surface area contributed by atoms with Crippen LogP contribution in [0.15, 0.2) is 11.0 Å². The largest absolute Gasteiger partial charge is 0.408 e. The highest BCUT2D eigenvalue weighted by molar-refractivity contribution is 6.33. The van der Waals surface area contributed by atoms with Crippen molar-refractivity contribution in [3.63, 3.8) is 0 Å². The Bertz CT molecular complexity index is 545. The van der Waals surface area contributed by atoms with Gasteiger partial charge in [0.1, 0.15) is 11.6 Å². The Morgan fingerprint density at radius 3 is 2.85 bits per heavy atom. The van der Waals surface area contributed by atoms with Gasteiger partial charge in [0.25, 0.3) is 5.56 Å². The van der Waals surface area contributed by atoms with Crippen LogP contribution in [0.25, 0.3) is 0 Å². The van der Waals surface area contributed by atoms with Crippen LogP contribution < -0.4 is 15.8 Å². The van der Waals surface area contributed by atoms with Crippen LogP contribution in [0.1, 0.15) is 6.92 Å². The van der Waals surface area contributed by atoms with Gasteiger partial charge in [0.2, 0.25) is 0 Å². The molecule has 1 fully saturated rings. The summed E-state index contributed by atoms with van der Waals surface area (Å²) < 4.78 is 37.2. The van der Waals surface area contributed by atoms with Crippen molar-refractivity contribution in [1.29, 1.82) is 0 Å². The van der Waals surface area contributed by atoms with Crippen LogP contribution >= 0.6 is 11.6 Å². The summed E-state index contributed by atoms with van der Waals surface area (Å²) in [6, 6.07) is 0.206. The van der Waals surface area contributed by atoms with Crippen molar-refractivity contribution in [2.75, 3.05) is 24.5 Å². The number of rotatable bonds is 2. The summed E-state index contributed by atoms with van der Waals surface area (Å²) in [6.45, 7) is 2.48. The average Bonchev–Trinajstić information content (AvgIpc) is 2.34. The summed E-state index contributed by atoms with van der Waals surface area (Å²) in [7, 11) is 0. The van der Waals surface area contributed by atoms with Crippen molar-refractivity contribution in [2.24, 2.45) is 0 Å². The van der Waals surface area contributed by atoms with Gasteiger partial charge in [0.05, 0.1) is 11.9 Å². The number of piperazine rings is 1. The lowest BCUT2D eigenvalue weighted by molar-refractivity contribution is -0.143. The van der Waals surface area contributed by atoms with Crippen LogP contribution in [-0.4, -0.2) is 41.6 Å². The first-order chi connectivity index (χ1) is 9.28. The van der Waals surface area contributed by atoms with E-state index < -0.39 is 18.3 Å². The maximum atomic E-state index is 12.3. The summed E-state index contributed by atoms with van der Waals surface area (Å²) in [5.41, 5.74) is -0.545. The minimum atomic E-state index is -4.51. The topological polar surface area (TPSA) is 50.2 Å². The van der Waals surface area contributed by atoms with Crippen molar-refractivity contribution in [3.05, 3.63) is 21.6 Å². The molecule has 1 atom stereocenters. The molecule has 1 aliphatic rings. The third kappa shape index (κ3) is 3.43. The van der Waals surface area contributed by atoms with Gasteiger partial charge in [-0.15, -0.1) is 0 Å². The molecule has 0 bridgehead atoms. The molecule has 1 aromatic heterocycles. The van der Waals surface area contributed by atoms with E-state index in [1.807, 2.05) is 11.8 Å². The fraction of sp³-hybridized carbons (Fsp3) is 0.636. The molecule has 20 heavy (non-hydrogen) atoms. The molecular weight excluding hydrogens is 297 g/mol. The number of aromatic nitrogens is 2. The third-order valence-corrected chi connectivity index (χ3v) is 3.36. The Hall–Kier alpha value is -1.28. The summed E-state index contributed by atoms with van der Waals surface area (Å²) >= 11 is 5.91. The van der Waals surface area contributed by atoms with E-state index in [0.717, 1.165) is 0 Å². The van der Waals surface area contributed by atoms with Crippen molar-refractivity contribution in [2.45, 2.75) is 25.7 Å². The molecule has 0 radical (unpaired) electrons. The number of nitrogens with zero attached hydrogens (tertiary/aromatic N) is 3. The van der Waals surface area contributed by atoms with Crippen LogP contribution in [0.5, 0.6) is 0 Å². The van der Waals surface area contributed by atoms with E-state index in [1.54, 1.807) is 0 Å². The number of hydrogen-bond acceptors (Lipinski definition) is 4. The van der Waals surface area contributed by atoms with Gasteiger partial charge in [-0.2, -0.15) is 18.3 Å². The summed E-state index contributed by atoms with van der Waals surface area (Å²) in [5.74, 6) is 0. The summed E-state index contributed by atoms with van der Waals surface area (Å²) in [6.07, 6.45) is -3.29. The first-order valence-corrected chi connectivity index (χ1v) is 6.46. The van der Waals surface area contributed by atoms with Gasteiger partial charge in [0, 0.05) is 25.7 Å². The van der Waals surface area contributed by atoms with Gasteiger partial charge in [0.15, 0.2) is 0 Å². The van der Waals surface area contributed by atoms with Gasteiger partial charge in [-0.1, -0.05) is 11.6 Å². The second-order valence-electron chi connectivity index (χ2n) is 4.72. The first kappa shape index (κ1) is 15.1. The van der Waals surface area contributed by atoms with E-state index in [9.17, 15) is 18.0 Å². The number of halogens is 4. The molecule has 2 rings (SSSR count). The maximum absolute atomic E-state index is 12.3. The zero-order valence-electron chi connectivity index (χ0n) is 10.7. The van der Waals surface area contributed by atoms with Crippen molar-refractivity contribution in [1.82, 2.24) is 15.1 Å². The van der Waals surface area contributed by atoms with Gasteiger partial charge < -0.3 is 10.2 Å². The highest BCUT2D eigenvalue weighted by Gasteiger charge is 2.30. The van der Waals surface area contributed by atoms with Crippen LogP contribution in [0.3, 0.4) is 0 Å². The molecule has 1 aliphatic heterocycles. The minimum absolute atomic E-state index is 0.206. The van der Waals surface area contributed by atoms with Crippen LogP contribution in [-0.2, 0) is 6.54 Å². The van der Waals surface area contributed by atoms with Crippen LogP contribution in [0, 0.1) is 0 Å². The van der Waals surface area contributed by atoms with Gasteiger partial charge in [-0.3, -0.25) is 4.79 Å². The molecule has 0 amide bonds. The van der Waals surface area contributed by atoms with E-state index in [-0.39, 0.29) is 11.1 Å². The first-order valence-electron chi connectivity index (χ1n) is 6.08. The SMILES string of the molecule is C[C@@H]1CN(c2cnn(CC(F)(F)F)c(=O)c2Cl)CCN1. The van der Waals surface area contributed by atoms with E-state index in [0.29, 0.717) is 30.0 Å². The highest BCUT2D eigenvalue weighted by atomic mass is 35.5. The molecule has 5 nitrogen and oxygen atoms in total. The molecule has 0 saturated carbocycles. The van der Waals surface area contributed by atoms with E-state index in [2.05, 4.69) is 10.4 Å². The lowest BCUT2D eigenvalue weighted by Gasteiger charge is -2.33. The predicted octanol–water partition coefficient (Wildman–Crippen LogP) is 1.26. The highest BCUT2D eigenvalue weighted by Crippen LogP contribution is 2.23. The Balaban J connectivity index is 2.29. The standard InChI is InChI=1S/C11H14ClF3N4O/c1-7-5-18(3-2-16-7)8-4-17-19(6-11(13,14)15)10(20)9(8)12/h4,7,16H,2-3,5-6H2,1H3/t7-/m1/s1. The molecule has 0 unspecified atom stereocenters. The van der Waals surface area contributed by atoms with Gasteiger partial charge >= 0.3 is 6.18 Å². The molecule has 1 aromatic rings. The van der Waals surface area contributed by atoms with Crippen molar-refractivity contribution in [3.8, 4) is 0 Å². The molecule has 0 aromatic carbocycles. The Morgan fingerprint density at radius 2 is 2.25 bits per heavy atom. The molecule has 0 aliphatic carbocycles. The average molecular weight is 311 g/mol. The zero-order valence-corrected chi connectivity index (χ0v) is 11.5. The number of hydrogen-bond donors (Lipinski definition) is 1. The number of alkyl halides is 3. The van der Waals surface area contributed by atoms with Crippen LogP contribution in [0.2, 0.25) is 5.02 Å². The minimum Gasteiger partial charge on any atom is -0.366 e. The second-order valence-corrected chi connectivity index (χ2v) is 5.10. The lowest BCUT2D eigenvalue weighted by Crippen LogP contribution is -2.49. The molecule has 9 heteroatoms. The van der Waals surface area contributed by atoms with E-state index in [4.69, 9.17) is 11.6 Å². The lowest BCUT2D eigenvalue weighted by atomic mass is 10.2. The smallest absolute Gasteiger partial charge is 0.366 e. The van der Waals surface area contributed by atoms with Gasteiger partial charge in [-0.25, -0.2) is 4.68 Å². The quantitative estimate of drug-likeness (QED) is 0.893. The Labute approximate surface area is 118 Å². The Kier molecular flexibility index (Phi) is 4.24. The third-order valence-electron chi connectivity index (χ3n) is 3.00. The summed E-state index contributed by atoms with van der Waals surface area (Å²) in [4.78, 5) is 13.7. The molecule has 0 spiro atoms. The fourth-order valence-electron chi connectivity index (χ4n) is 2.11. The molecular formula is C11H14ClF3N4O. The van der Waals surface area contributed by atoms with Crippen molar-refractivity contribution < 1.29 is 13.2 Å².